The highest BCUT2D eigenvalue weighted by Crippen LogP contribution is 2.28. The van der Waals surface area contributed by atoms with Crippen molar-refractivity contribution in [1.82, 2.24) is 5.32 Å². The molecule has 0 spiro atoms. The molecule has 0 unspecified atom stereocenters. The molecule has 24 heavy (non-hydrogen) atoms. The zero-order valence-corrected chi connectivity index (χ0v) is 13.6. The number of phenols is 1. The van der Waals surface area contributed by atoms with Crippen LogP contribution in [0.3, 0.4) is 0 Å². The third-order valence-corrected chi connectivity index (χ3v) is 4.04. The van der Waals surface area contributed by atoms with E-state index in [1.54, 1.807) is 26.8 Å². The summed E-state index contributed by atoms with van der Waals surface area (Å²) in [6.45, 7) is 4.90. The van der Waals surface area contributed by atoms with E-state index in [0.717, 1.165) is 0 Å². The zero-order valence-electron chi connectivity index (χ0n) is 13.6. The number of aryl methyl sites for hydroxylation is 2. The molecule has 0 fully saturated rings. The number of carbonyl (C=O) groups excluding carboxylic acids is 2. The van der Waals surface area contributed by atoms with Crippen molar-refractivity contribution in [2.75, 3.05) is 0 Å². The molecule has 2 aromatic rings. The molecule has 7 heteroatoms. The third kappa shape index (κ3) is 3.24. The topological polar surface area (TPSA) is 120 Å². The Labute approximate surface area is 137 Å². The summed E-state index contributed by atoms with van der Waals surface area (Å²) in [5.41, 5.74) is 0.721. The molecule has 128 valence electrons. The number of amides is 1. The summed E-state index contributed by atoms with van der Waals surface area (Å²) < 4.78 is 5.24. The van der Waals surface area contributed by atoms with Crippen LogP contribution < -0.4 is 16.0 Å². The van der Waals surface area contributed by atoms with Gasteiger partial charge >= 0.3 is 5.63 Å². The maximum absolute atomic E-state index is 12.2. The minimum Gasteiger partial charge on any atom is -0.548 e. The number of carboxylic acids is 1. The lowest BCUT2D eigenvalue weighted by Gasteiger charge is -2.18. The van der Waals surface area contributed by atoms with Crippen LogP contribution in [0.1, 0.15) is 30.0 Å². The molecular weight excluding hydrogens is 314 g/mol. The van der Waals surface area contributed by atoms with E-state index < -0.39 is 23.5 Å². The van der Waals surface area contributed by atoms with Crippen LogP contribution in [0.25, 0.3) is 11.0 Å². The summed E-state index contributed by atoms with van der Waals surface area (Å²) in [7, 11) is 0. The highest BCUT2D eigenvalue weighted by molar-refractivity contribution is 5.88. The fourth-order valence-corrected chi connectivity index (χ4v) is 2.52. The van der Waals surface area contributed by atoms with Gasteiger partial charge in [0.15, 0.2) is 0 Å². The van der Waals surface area contributed by atoms with Crippen molar-refractivity contribution < 1.29 is 24.2 Å². The van der Waals surface area contributed by atoms with Gasteiger partial charge in [-0.05, 0) is 38.0 Å². The monoisotopic (exact) mass is 332 g/mol. The fourth-order valence-electron chi connectivity index (χ4n) is 2.52. The molecule has 1 atom stereocenters. The van der Waals surface area contributed by atoms with Gasteiger partial charge in [0.05, 0.1) is 24.0 Å². The van der Waals surface area contributed by atoms with E-state index in [-0.39, 0.29) is 29.7 Å². The minimum atomic E-state index is -1.38. The Morgan fingerprint density at radius 3 is 2.54 bits per heavy atom. The van der Waals surface area contributed by atoms with Crippen LogP contribution in [-0.4, -0.2) is 23.0 Å². The number of carbonyl (C=O) groups is 2. The maximum atomic E-state index is 12.2. The lowest BCUT2D eigenvalue weighted by Crippen LogP contribution is -2.48. The van der Waals surface area contributed by atoms with Gasteiger partial charge in [0.2, 0.25) is 5.91 Å². The molecule has 0 radical (unpaired) electrons. The quantitative estimate of drug-likeness (QED) is 0.760. The average Bonchev–Trinajstić information content (AvgIpc) is 2.52. The molecule has 1 heterocycles. The minimum absolute atomic E-state index is 0.00953. The molecule has 2 rings (SSSR count). The number of rotatable bonds is 5. The van der Waals surface area contributed by atoms with E-state index in [1.165, 1.54) is 6.07 Å². The van der Waals surface area contributed by atoms with E-state index in [1.807, 2.05) is 0 Å². The summed E-state index contributed by atoms with van der Waals surface area (Å²) in [5.74, 6) is -1.97. The van der Waals surface area contributed by atoms with Gasteiger partial charge in [0.1, 0.15) is 11.3 Å². The van der Waals surface area contributed by atoms with Crippen molar-refractivity contribution in [3.05, 3.63) is 39.2 Å². The van der Waals surface area contributed by atoms with Gasteiger partial charge in [-0.1, -0.05) is 6.92 Å². The number of fused-ring (bicyclic) bond motifs is 1. The number of carboxylic acid groups (broad SMARTS) is 1. The van der Waals surface area contributed by atoms with Crippen molar-refractivity contribution in [1.29, 1.82) is 0 Å². The van der Waals surface area contributed by atoms with Crippen molar-refractivity contribution in [2.45, 2.75) is 39.7 Å². The number of aromatic hydroxyl groups is 1. The zero-order chi connectivity index (χ0) is 18.0. The number of aliphatic carboxylic acids is 1. The van der Waals surface area contributed by atoms with E-state index in [2.05, 4.69) is 5.32 Å². The van der Waals surface area contributed by atoms with E-state index in [0.29, 0.717) is 16.5 Å². The number of hydrogen-bond donors (Lipinski definition) is 2. The molecule has 1 aromatic heterocycles. The van der Waals surface area contributed by atoms with Crippen molar-refractivity contribution >= 4 is 22.8 Å². The van der Waals surface area contributed by atoms with Crippen LogP contribution in [0.15, 0.2) is 21.3 Å². The summed E-state index contributed by atoms with van der Waals surface area (Å²) >= 11 is 0. The second-order valence-electron chi connectivity index (χ2n) is 5.60. The van der Waals surface area contributed by atoms with E-state index in [9.17, 15) is 24.6 Å². The Kier molecular flexibility index (Phi) is 4.92. The highest BCUT2D eigenvalue weighted by Gasteiger charge is 2.18. The molecule has 1 aromatic carbocycles. The first-order chi connectivity index (χ1) is 11.3. The van der Waals surface area contributed by atoms with Gasteiger partial charge in [-0.15, -0.1) is 0 Å². The Balaban J connectivity index is 2.40. The smallest absolute Gasteiger partial charge is 0.340 e. The first-order valence-corrected chi connectivity index (χ1v) is 7.51. The summed E-state index contributed by atoms with van der Waals surface area (Å²) in [4.78, 5) is 35.1. The van der Waals surface area contributed by atoms with Gasteiger partial charge in [0, 0.05) is 10.9 Å². The fraction of sp³-hybridized carbons (Fsp3) is 0.353. The molecule has 0 aliphatic carbocycles. The molecule has 0 bridgehead atoms. The number of hydrogen-bond acceptors (Lipinski definition) is 6. The predicted molar refractivity (Wildman–Crippen MR) is 84.6 cm³/mol. The second-order valence-corrected chi connectivity index (χ2v) is 5.60. The first kappa shape index (κ1) is 17.5. The van der Waals surface area contributed by atoms with Gasteiger partial charge in [-0.2, -0.15) is 0 Å². The molecule has 7 nitrogen and oxygen atoms in total. The van der Waals surface area contributed by atoms with Crippen LogP contribution in [0.4, 0.5) is 0 Å². The van der Waals surface area contributed by atoms with Gasteiger partial charge in [-0.3, -0.25) is 4.79 Å². The Hall–Kier alpha value is -2.83. The normalized spacial score (nSPS) is 12.1. The molecule has 0 aliphatic rings. The number of phenolic OH excluding ortho intramolecular Hbond substituents is 1. The molecular formula is C17H18NO6-. The number of benzene rings is 1. The van der Waals surface area contributed by atoms with Crippen LogP contribution in [-0.2, 0) is 16.0 Å². The standard InChI is InChI=1S/C17H19NO6/c1-4-12(16(21)22)18-14(20)7-11-8(2)10-5-6-13(19)9(3)15(10)24-17(11)23/h5-6,12,19H,4,7H2,1-3H3,(H,18,20)(H,21,22)/p-1/t12-/m0/s1. The molecule has 1 amide bonds. The maximum Gasteiger partial charge on any atom is 0.340 e. The lowest BCUT2D eigenvalue weighted by atomic mass is 10.0. The number of nitrogens with one attached hydrogen (secondary N) is 1. The van der Waals surface area contributed by atoms with E-state index >= 15 is 0 Å². The molecule has 0 aliphatic heterocycles. The second kappa shape index (κ2) is 6.74. The van der Waals surface area contributed by atoms with Crippen LogP contribution >= 0.6 is 0 Å². The molecule has 0 saturated heterocycles. The summed E-state index contributed by atoms with van der Waals surface area (Å²) in [6.07, 6.45) is -0.119. The van der Waals surface area contributed by atoms with Crippen molar-refractivity contribution in [3.63, 3.8) is 0 Å². The van der Waals surface area contributed by atoms with Crippen LogP contribution in [0.2, 0.25) is 0 Å². The Morgan fingerprint density at radius 2 is 1.96 bits per heavy atom. The van der Waals surface area contributed by atoms with Crippen LogP contribution in [0, 0.1) is 13.8 Å². The highest BCUT2D eigenvalue weighted by atomic mass is 16.4. The van der Waals surface area contributed by atoms with Gasteiger partial charge in [-0.25, -0.2) is 4.79 Å². The van der Waals surface area contributed by atoms with Gasteiger partial charge in [0.25, 0.3) is 0 Å². The SMILES string of the molecule is CC[C@H](NC(=O)Cc1c(C)c2ccc(O)c(C)c2oc1=O)C(=O)[O-]. The summed E-state index contributed by atoms with van der Waals surface area (Å²) in [5, 5.41) is 23.5. The Bertz CT molecular complexity index is 867. The van der Waals surface area contributed by atoms with Gasteiger partial charge < -0.3 is 24.7 Å². The van der Waals surface area contributed by atoms with Crippen molar-refractivity contribution in [3.8, 4) is 5.75 Å². The van der Waals surface area contributed by atoms with E-state index in [4.69, 9.17) is 4.42 Å². The molecule has 2 N–H and O–H groups in total. The van der Waals surface area contributed by atoms with Crippen LogP contribution in [0.5, 0.6) is 5.75 Å². The largest absolute Gasteiger partial charge is 0.548 e. The molecule has 0 saturated carbocycles. The lowest BCUT2D eigenvalue weighted by molar-refractivity contribution is -0.308. The third-order valence-electron chi connectivity index (χ3n) is 4.04. The first-order valence-electron chi connectivity index (χ1n) is 7.51. The predicted octanol–water partition coefficient (Wildman–Crippen LogP) is 0.303. The average molecular weight is 332 g/mol. The Morgan fingerprint density at radius 1 is 1.29 bits per heavy atom. The summed E-state index contributed by atoms with van der Waals surface area (Å²) in [6, 6.07) is 1.98. The van der Waals surface area contributed by atoms with Crippen molar-refractivity contribution in [2.24, 2.45) is 0 Å².